The molecule has 1 atom stereocenters. The number of hydrogen-bond acceptors (Lipinski definition) is 3. The summed E-state index contributed by atoms with van der Waals surface area (Å²) in [6.07, 6.45) is 4.11. The van der Waals surface area contributed by atoms with Gasteiger partial charge in [-0.1, -0.05) is 13.8 Å². The zero-order valence-electron chi connectivity index (χ0n) is 9.92. The highest BCUT2D eigenvalue weighted by Gasteiger charge is 2.26. The molecule has 1 unspecified atom stereocenters. The van der Waals surface area contributed by atoms with Gasteiger partial charge in [0.2, 0.25) is 0 Å². The molecule has 1 aliphatic carbocycles. The molecule has 0 aromatic carbocycles. The quantitative estimate of drug-likeness (QED) is 0.726. The molecule has 88 valence electrons. The Morgan fingerprint density at radius 3 is 2.73 bits per heavy atom. The summed E-state index contributed by atoms with van der Waals surface area (Å²) >= 11 is 0. The summed E-state index contributed by atoms with van der Waals surface area (Å²) in [7, 11) is 0. The Balaban J connectivity index is 1.61. The molecule has 0 radical (unpaired) electrons. The van der Waals surface area contributed by atoms with Crippen LogP contribution in [0.2, 0.25) is 0 Å². The number of nitrogens with one attached hydrogen (secondary N) is 1. The molecule has 0 amide bonds. The third-order valence-corrected chi connectivity index (χ3v) is 3.04. The van der Waals surface area contributed by atoms with Crippen LogP contribution in [-0.2, 0) is 9.47 Å². The highest BCUT2D eigenvalue weighted by molar-refractivity contribution is 4.84. The van der Waals surface area contributed by atoms with Crippen molar-refractivity contribution < 1.29 is 9.47 Å². The van der Waals surface area contributed by atoms with Gasteiger partial charge in [-0.3, -0.25) is 0 Å². The van der Waals surface area contributed by atoms with E-state index in [4.69, 9.17) is 9.47 Å². The van der Waals surface area contributed by atoms with Crippen molar-refractivity contribution in [2.24, 2.45) is 5.41 Å². The molecule has 1 saturated heterocycles. The second-order valence-electron chi connectivity index (χ2n) is 5.62. The molecule has 3 nitrogen and oxygen atoms in total. The van der Waals surface area contributed by atoms with Crippen LogP contribution in [0.1, 0.15) is 33.1 Å². The van der Waals surface area contributed by atoms with Crippen molar-refractivity contribution in [1.82, 2.24) is 5.32 Å². The van der Waals surface area contributed by atoms with Crippen molar-refractivity contribution in [1.29, 1.82) is 0 Å². The molecule has 2 rings (SSSR count). The summed E-state index contributed by atoms with van der Waals surface area (Å²) in [5.74, 6) is 0. The molecule has 1 heterocycles. The summed E-state index contributed by atoms with van der Waals surface area (Å²) in [5, 5.41) is 3.56. The van der Waals surface area contributed by atoms with Crippen molar-refractivity contribution in [3.05, 3.63) is 0 Å². The van der Waals surface area contributed by atoms with E-state index in [-0.39, 0.29) is 5.41 Å². The maximum Gasteiger partial charge on any atom is 0.0830 e. The molecule has 0 spiro atoms. The SMILES string of the molecule is CC(C)(CNC1CC1)COC1CCOC1. The Morgan fingerprint density at radius 1 is 1.33 bits per heavy atom. The van der Waals surface area contributed by atoms with Gasteiger partial charge in [0, 0.05) is 24.6 Å². The lowest BCUT2D eigenvalue weighted by Crippen LogP contribution is -2.35. The van der Waals surface area contributed by atoms with Crippen LogP contribution in [0.3, 0.4) is 0 Å². The van der Waals surface area contributed by atoms with Crippen molar-refractivity contribution >= 4 is 0 Å². The van der Waals surface area contributed by atoms with Gasteiger partial charge in [-0.15, -0.1) is 0 Å². The Morgan fingerprint density at radius 2 is 2.13 bits per heavy atom. The summed E-state index contributed by atoms with van der Waals surface area (Å²) in [5.41, 5.74) is 0.241. The molecule has 0 aromatic rings. The lowest BCUT2D eigenvalue weighted by Gasteiger charge is -2.26. The molecular formula is C12H23NO2. The van der Waals surface area contributed by atoms with Gasteiger partial charge in [-0.05, 0) is 19.3 Å². The van der Waals surface area contributed by atoms with E-state index < -0.39 is 0 Å². The Hall–Kier alpha value is -0.120. The van der Waals surface area contributed by atoms with E-state index in [1.54, 1.807) is 0 Å². The van der Waals surface area contributed by atoms with Gasteiger partial charge in [-0.25, -0.2) is 0 Å². The lowest BCUT2D eigenvalue weighted by molar-refractivity contribution is -0.00133. The van der Waals surface area contributed by atoms with Crippen LogP contribution in [-0.4, -0.2) is 38.5 Å². The maximum atomic E-state index is 5.86. The minimum atomic E-state index is 0.241. The Labute approximate surface area is 92.5 Å². The highest BCUT2D eigenvalue weighted by Crippen LogP contribution is 2.22. The predicted octanol–water partition coefficient (Wildman–Crippen LogP) is 1.57. The molecule has 2 fully saturated rings. The Kier molecular flexibility index (Phi) is 3.65. The number of rotatable bonds is 6. The molecule has 1 N–H and O–H groups in total. The van der Waals surface area contributed by atoms with Crippen LogP contribution in [0.4, 0.5) is 0 Å². The Bertz CT molecular complexity index is 196. The summed E-state index contributed by atoms with van der Waals surface area (Å²) in [4.78, 5) is 0. The van der Waals surface area contributed by atoms with Crippen LogP contribution < -0.4 is 5.32 Å². The van der Waals surface area contributed by atoms with Crippen LogP contribution in [0.5, 0.6) is 0 Å². The molecule has 2 aliphatic rings. The minimum absolute atomic E-state index is 0.241. The fraction of sp³-hybridized carbons (Fsp3) is 1.00. The first-order chi connectivity index (χ1) is 7.16. The van der Waals surface area contributed by atoms with Gasteiger partial charge in [0.15, 0.2) is 0 Å². The zero-order chi connectivity index (χ0) is 10.7. The average Bonchev–Trinajstić information content (AvgIpc) is 2.88. The summed E-state index contributed by atoms with van der Waals surface area (Å²) < 4.78 is 11.1. The maximum absolute atomic E-state index is 5.86. The van der Waals surface area contributed by atoms with Gasteiger partial charge in [0.25, 0.3) is 0 Å². The largest absolute Gasteiger partial charge is 0.379 e. The van der Waals surface area contributed by atoms with Gasteiger partial charge in [0.1, 0.15) is 0 Å². The van der Waals surface area contributed by atoms with E-state index in [1.807, 2.05) is 0 Å². The van der Waals surface area contributed by atoms with Crippen LogP contribution in [0, 0.1) is 5.41 Å². The smallest absolute Gasteiger partial charge is 0.0830 e. The van der Waals surface area contributed by atoms with E-state index in [0.29, 0.717) is 6.10 Å². The number of ether oxygens (including phenoxy) is 2. The second kappa shape index (κ2) is 4.81. The average molecular weight is 213 g/mol. The van der Waals surface area contributed by atoms with E-state index >= 15 is 0 Å². The zero-order valence-corrected chi connectivity index (χ0v) is 9.92. The van der Waals surface area contributed by atoms with E-state index in [9.17, 15) is 0 Å². The van der Waals surface area contributed by atoms with Gasteiger partial charge >= 0.3 is 0 Å². The molecule has 15 heavy (non-hydrogen) atoms. The van der Waals surface area contributed by atoms with Crippen molar-refractivity contribution in [3.63, 3.8) is 0 Å². The van der Waals surface area contributed by atoms with Crippen molar-refractivity contribution in [2.45, 2.75) is 45.3 Å². The van der Waals surface area contributed by atoms with Crippen LogP contribution >= 0.6 is 0 Å². The predicted molar refractivity (Wildman–Crippen MR) is 60.0 cm³/mol. The first kappa shape index (κ1) is 11.4. The first-order valence-corrected chi connectivity index (χ1v) is 6.08. The monoisotopic (exact) mass is 213 g/mol. The third-order valence-electron chi connectivity index (χ3n) is 3.04. The van der Waals surface area contributed by atoms with Crippen molar-refractivity contribution in [3.8, 4) is 0 Å². The summed E-state index contributed by atoms with van der Waals surface area (Å²) in [6.45, 7) is 8.07. The molecule has 3 heteroatoms. The molecule has 1 aliphatic heterocycles. The van der Waals surface area contributed by atoms with E-state index in [2.05, 4.69) is 19.2 Å². The first-order valence-electron chi connectivity index (χ1n) is 6.08. The lowest BCUT2D eigenvalue weighted by atomic mass is 9.94. The fourth-order valence-corrected chi connectivity index (χ4v) is 1.75. The van der Waals surface area contributed by atoms with Gasteiger partial charge < -0.3 is 14.8 Å². The van der Waals surface area contributed by atoms with E-state index in [1.165, 1.54) is 12.8 Å². The molecule has 1 saturated carbocycles. The van der Waals surface area contributed by atoms with Crippen molar-refractivity contribution in [2.75, 3.05) is 26.4 Å². The normalized spacial score (nSPS) is 27.2. The van der Waals surface area contributed by atoms with Crippen LogP contribution in [0.25, 0.3) is 0 Å². The molecular weight excluding hydrogens is 190 g/mol. The van der Waals surface area contributed by atoms with Gasteiger partial charge in [0.05, 0.1) is 19.3 Å². The highest BCUT2D eigenvalue weighted by atomic mass is 16.5. The van der Waals surface area contributed by atoms with Gasteiger partial charge in [-0.2, -0.15) is 0 Å². The molecule has 0 bridgehead atoms. The van der Waals surface area contributed by atoms with E-state index in [0.717, 1.165) is 38.8 Å². The standard InChI is InChI=1S/C12H23NO2/c1-12(2,8-13-10-3-4-10)9-15-11-5-6-14-7-11/h10-11,13H,3-9H2,1-2H3. The van der Waals surface area contributed by atoms with Crippen LogP contribution in [0.15, 0.2) is 0 Å². The molecule has 0 aromatic heterocycles. The second-order valence-corrected chi connectivity index (χ2v) is 5.62. The third kappa shape index (κ3) is 4.09. The topological polar surface area (TPSA) is 30.5 Å². The fourth-order valence-electron chi connectivity index (χ4n) is 1.75. The number of hydrogen-bond donors (Lipinski definition) is 1. The summed E-state index contributed by atoms with van der Waals surface area (Å²) in [6, 6.07) is 0.791. The minimum Gasteiger partial charge on any atom is -0.379 e.